The number of para-hydroxylation sites is 1. The van der Waals surface area contributed by atoms with E-state index in [4.69, 9.17) is 4.74 Å². The number of carbonyl (C=O) groups is 1. The molecule has 1 saturated carbocycles. The second kappa shape index (κ2) is 13.7. The minimum absolute atomic E-state index is 0. The van der Waals surface area contributed by atoms with Gasteiger partial charge in [-0.15, -0.1) is 24.0 Å². The number of ether oxygens (including phenoxy) is 1. The molecular weight excluding hydrogens is 443 g/mol. The van der Waals surface area contributed by atoms with Gasteiger partial charge in [-0.3, -0.25) is 4.79 Å². The highest BCUT2D eigenvalue weighted by atomic mass is 127. The number of halogens is 1. The van der Waals surface area contributed by atoms with Crippen molar-refractivity contribution in [1.29, 1.82) is 0 Å². The number of amides is 1. The summed E-state index contributed by atoms with van der Waals surface area (Å²) in [4.78, 5) is 16.4. The fraction of sp³-hybridized carbons (Fsp3) is 0.579. The summed E-state index contributed by atoms with van der Waals surface area (Å²) in [5.74, 6) is 1.47. The Labute approximate surface area is 173 Å². The van der Waals surface area contributed by atoms with E-state index in [1.54, 1.807) is 0 Å². The van der Waals surface area contributed by atoms with Gasteiger partial charge in [-0.2, -0.15) is 0 Å². The number of benzene rings is 1. The molecule has 6 nitrogen and oxygen atoms in total. The van der Waals surface area contributed by atoms with Crippen LogP contribution in [0.2, 0.25) is 0 Å². The van der Waals surface area contributed by atoms with Crippen molar-refractivity contribution in [1.82, 2.24) is 16.0 Å². The number of nitrogens with zero attached hydrogens (tertiary/aromatic N) is 1. The molecule has 2 rings (SSSR count). The van der Waals surface area contributed by atoms with E-state index in [2.05, 4.69) is 20.9 Å². The second-order valence-corrected chi connectivity index (χ2v) is 6.19. The van der Waals surface area contributed by atoms with Crippen molar-refractivity contribution in [3.8, 4) is 5.75 Å². The zero-order chi connectivity index (χ0) is 17.7. The zero-order valence-corrected chi connectivity index (χ0v) is 17.8. The Morgan fingerprint density at radius 3 is 2.58 bits per heavy atom. The van der Waals surface area contributed by atoms with Crippen molar-refractivity contribution in [2.24, 2.45) is 4.99 Å². The largest absolute Gasteiger partial charge is 0.492 e. The molecule has 1 aromatic rings. The molecule has 0 unspecified atom stereocenters. The minimum atomic E-state index is -0.00959. The summed E-state index contributed by atoms with van der Waals surface area (Å²) < 4.78 is 5.64. The van der Waals surface area contributed by atoms with Crippen LogP contribution in [0.15, 0.2) is 35.3 Å². The number of hydrogen-bond donors (Lipinski definition) is 3. The van der Waals surface area contributed by atoms with E-state index in [1.165, 1.54) is 19.3 Å². The third-order valence-corrected chi connectivity index (χ3v) is 4.10. The Balaban J connectivity index is 0.00000338. The van der Waals surface area contributed by atoms with E-state index in [9.17, 15) is 4.79 Å². The molecule has 7 heteroatoms. The molecule has 0 saturated heterocycles. The van der Waals surface area contributed by atoms with Gasteiger partial charge in [-0.1, -0.05) is 37.5 Å². The van der Waals surface area contributed by atoms with Crippen LogP contribution in [0.4, 0.5) is 0 Å². The van der Waals surface area contributed by atoms with Crippen molar-refractivity contribution in [3.05, 3.63) is 30.3 Å². The molecule has 146 valence electrons. The van der Waals surface area contributed by atoms with Crippen LogP contribution in [0.3, 0.4) is 0 Å². The molecule has 1 aliphatic carbocycles. The average molecular weight is 474 g/mol. The fourth-order valence-electron chi connectivity index (χ4n) is 2.87. The van der Waals surface area contributed by atoms with E-state index in [1.807, 2.05) is 37.3 Å². The van der Waals surface area contributed by atoms with E-state index in [0.717, 1.165) is 25.1 Å². The number of carbonyl (C=O) groups excluding carboxylic acids is 1. The Hall–Kier alpha value is -1.51. The quantitative estimate of drug-likeness (QED) is 0.235. The average Bonchev–Trinajstić information content (AvgIpc) is 2.65. The van der Waals surface area contributed by atoms with E-state index < -0.39 is 0 Å². The lowest BCUT2D eigenvalue weighted by molar-refractivity contribution is -0.120. The summed E-state index contributed by atoms with van der Waals surface area (Å²) in [6, 6.07) is 10.0. The van der Waals surface area contributed by atoms with Gasteiger partial charge in [0, 0.05) is 12.6 Å². The third-order valence-electron chi connectivity index (χ3n) is 4.10. The molecule has 1 fully saturated rings. The first kappa shape index (κ1) is 22.5. The van der Waals surface area contributed by atoms with Crippen LogP contribution >= 0.6 is 24.0 Å². The minimum Gasteiger partial charge on any atom is -0.492 e. The molecule has 0 heterocycles. The van der Waals surface area contributed by atoms with Crippen LogP contribution in [0.5, 0.6) is 5.75 Å². The summed E-state index contributed by atoms with van der Waals surface area (Å²) in [5, 5.41) is 9.41. The number of aliphatic imine (C=N–C) groups is 1. The Morgan fingerprint density at radius 1 is 1.15 bits per heavy atom. The van der Waals surface area contributed by atoms with E-state index in [0.29, 0.717) is 25.2 Å². The molecule has 0 aliphatic heterocycles. The predicted octanol–water partition coefficient (Wildman–Crippen LogP) is 2.69. The van der Waals surface area contributed by atoms with Crippen LogP contribution in [0.1, 0.15) is 39.0 Å². The van der Waals surface area contributed by atoms with Crippen LogP contribution in [0.25, 0.3) is 0 Å². The third kappa shape index (κ3) is 9.26. The maximum absolute atomic E-state index is 12.0. The summed E-state index contributed by atoms with van der Waals surface area (Å²) in [6.07, 6.45) is 5.87. The maximum Gasteiger partial charge on any atom is 0.242 e. The molecule has 0 aromatic heterocycles. The number of nitrogens with one attached hydrogen (secondary N) is 3. The fourth-order valence-corrected chi connectivity index (χ4v) is 2.87. The van der Waals surface area contributed by atoms with Crippen molar-refractivity contribution in [2.45, 2.75) is 45.1 Å². The van der Waals surface area contributed by atoms with Crippen LogP contribution in [-0.4, -0.2) is 44.1 Å². The van der Waals surface area contributed by atoms with Gasteiger partial charge in [0.25, 0.3) is 0 Å². The van der Waals surface area contributed by atoms with Crippen molar-refractivity contribution < 1.29 is 9.53 Å². The van der Waals surface area contributed by atoms with Gasteiger partial charge in [0.1, 0.15) is 18.9 Å². The molecule has 1 aromatic carbocycles. The van der Waals surface area contributed by atoms with Gasteiger partial charge in [0.15, 0.2) is 5.96 Å². The topological polar surface area (TPSA) is 74.8 Å². The van der Waals surface area contributed by atoms with Crippen molar-refractivity contribution in [2.75, 3.05) is 26.2 Å². The Kier molecular flexibility index (Phi) is 11.8. The van der Waals surface area contributed by atoms with Gasteiger partial charge in [-0.05, 0) is 31.9 Å². The standard InChI is InChI=1S/C19H30N4O2.HI/c1-2-20-19(21-13-14-25-17-11-7-4-8-12-17)22-15-18(24)23-16-9-5-3-6-10-16;/h4,7-8,11-12,16H,2-3,5-6,9-10,13-15H2,1H3,(H,23,24)(H2,20,21,22);1H. The highest BCUT2D eigenvalue weighted by Gasteiger charge is 2.15. The second-order valence-electron chi connectivity index (χ2n) is 6.19. The van der Waals surface area contributed by atoms with Crippen LogP contribution in [0, 0.1) is 0 Å². The molecule has 1 aliphatic rings. The first-order chi connectivity index (χ1) is 12.3. The smallest absolute Gasteiger partial charge is 0.242 e. The summed E-state index contributed by atoms with van der Waals surface area (Å²) in [5.41, 5.74) is 0. The SMILES string of the molecule is CCNC(=NCC(=O)NC1CCCCC1)NCCOc1ccccc1.I. The monoisotopic (exact) mass is 474 g/mol. The van der Waals surface area contributed by atoms with Crippen molar-refractivity contribution in [3.63, 3.8) is 0 Å². The Morgan fingerprint density at radius 2 is 1.88 bits per heavy atom. The number of rotatable bonds is 8. The maximum atomic E-state index is 12.0. The Bertz CT molecular complexity index is 534. The molecule has 0 atom stereocenters. The molecule has 3 N–H and O–H groups in total. The number of guanidine groups is 1. The zero-order valence-electron chi connectivity index (χ0n) is 15.5. The molecule has 0 bridgehead atoms. The molecule has 0 radical (unpaired) electrons. The lowest BCUT2D eigenvalue weighted by atomic mass is 9.95. The first-order valence-corrected chi connectivity index (χ1v) is 9.27. The van der Waals surface area contributed by atoms with Gasteiger partial charge in [0.05, 0.1) is 6.54 Å². The molecule has 1 amide bonds. The molecular formula is C19H31IN4O2. The van der Waals surface area contributed by atoms with E-state index >= 15 is 0 Å². The summed E-state index contributed by atoms with van der Waals surface area (Å²) in [6.45, 7) is 4.04. The van der Waals surface area contributed by atoms with Gasteiger partial charge in [-0.25, -0.2) is 4.99 Å². The first-order valence-electron chi connectivity index (χ1n) is 9.27. The van der Waals surface area contributed by atoms with Crippen LogP contribution in [-0.2, 0) is 4.79 Å². The van der Waals surface area contributed by atoms with Crippen LogP contribution < -0.4 is 20.7 Å². The highest BCUT2D eigenvalue weighted by molar-refractivity contribution is 14.0. The molecule has 26 heavy (non-hydrogen) atoms. The lowest BCUT2D eigenvalue weighted by Gasteiger charge is -2.22. The lowest BCUT2D eigenvalue weighted by Crippen LogP contribution is -2.41. The van der Waals surface area contributed by atoms with Gasteiger partial charge in [0.2, 0.25) is 5.91 Å². The molecule has 0 spiro atoms. The van der Waals surface area contributed by atoms with Crippen molar-refractivity contribution >= 4 is 35.8 Å². The summed E-state index contributed by atoms with van der Waals surface area (Å²) >= 11 is 0. The summed E-state index contributed by atoms with van der Waals surface area (Å²) in [7, 11) is 0. The highest BCUT2D eigenvalue weighted by Crippen LogP contribution is 2.17. The van der Waals surface area contributed by atoms with Gasteiger partial charge < -0.3 is 20.7 Å². The normalized spacial score (nSPS) is 14.9. The number of hydrogen-bond acceptors (Lipinski definition) is 3. The van der Waals surface area contributed by atoms with E-state index in [-0.39, 0.29) is 36.4 Å². The van der Waals surface area contributed by atoms with Gasteiger partial charge >= 0.3 is 0 Å². The predicted molar refractivity (Wildman–Crippen MR) is 116 cm³/mol.